The van der Waals surface area contributed by atoms with E-state index in [1.54, 1.807) is 6.20 Å². The molecule has 5 rings (SSSR count). The molecule has 2 unspecified atom stereocenters. The number of fused-ring (bicyclic) bond motifs is 1. The maximum atomic E-state index is 4.97. The summed E-state index contributed by atoms with van der Waals surface area (Å²) in [6.07, 6.45) is 7.97. The van der Waals surface area contributed by atoms with Crippen LogP contribution in [0.3, 0.4) is 0 Å². The van der Waals surface area contributed by atoms with Gasteiger partial charge < -0.3 is 0 Å². The number of benzene rings is 1. The second-order valence-electron chi connectivity index (χ2n) is 8.33. The van der Waals surface area contributed by atoms with Crippen LogP contribution in [0.4, 0.5) is 0 Å². The largest absolute Gasteiger partial charge is 0.273 e. The molecular formula is C25H26N4. The van der Waals surface area contributed by atoms with E-state index in [1.165, 1.54) is 42.5 Å². The second-order valence-corrected chi connectivity index (χ2v) is 8.33. The van der Waals surface area contributed by atoms with Crippen molar-refractivity contribution in [3.8, 4) is 11.4 Å². The molecule has 29 heavy (non-hydrogen) atoms. The van der Waals surface area contributed by atoms with E-state index < -0.39 is 0 Å². The average Bonchev–Trinajstić information content (AvgIpc) is 3.19. The highest BCUT2D eigenvalue weighted by Gasteiger charge is 2.24. The van der Waals surface area contributed by atoms with Crippen molar-refractivity contribution in [3.63, 3.8) is 0 Å². The third-order valence-electron chi connectivity index (χ3n) is 6.22. The van der Waals surface area contributed by atoms with E-state index in [2.05, 4.69) is 64.6 Å². The van der Waals surface area contributed by atoms with Crippen molar-refractivity contribution < 1.29 is 0 Å². The van der Waals surface area contributed by atoms with Gasteiger partial charge in [0.25, 0.3) is 0 Å². The topological polar surface area (TPSA) is 54.5 Å². The van der Waals surface area contributed by atoms with E-state index in [4.69, 9.17) is 4.98 Å². The molecule has 1 N–H and O–H groups in total. The lowest BCUT2D eigenvalue weighted by Gasteiger charge is -2.29. The van der Waals surface area contributed by atoms with Crippen molar-refractivity contribution in [1.29, 1.82) is 0 Å². The summed E-state index contributed by atoms with van der Waals surface area (Å²) in [5.74, 6) is 1.37. The summed E-state index contributed by atoms with van der Waals surface area (Å²) in [7, 11) is 0. The zero-order valence-corrected chi connectivity index (χ0v) is 16.8. The summed E-state index contributed by atoms with van der Waals surface area (Å²) >= 11 is 0. The first-order chi connectivity index (χ1) is 14.3. The Hall–Kier alpha value is -3.01. The van der Waals surface area contributed by atoms with Gasteiger partial charge in [0.2, 0.25) is 0 Å². The van der Waals surface area contributed by atoms with E-state index in [9.17, 15) is 0 Å². The van der Waals surface area contributed by atoms with Gasteiger partial charge in [-0.05, 0) is 67.9 Å². The quantitative estimate of drug-likeness (QED) is 0.482. The number of aromatic amines is 1. The molecule has 1 aromatic carbocycles. The number of aryl methyl sites for hydroxylation is 1. The van der Waals surface area contributed by atoms with Gasteiger partial charge in [-0.15, -0.1) is 0 Å². The SMILES string of the molecule is Cc1ccc(C2CCCC(Cc3cccc(-c4[nH]nc5ncccc45)n3)C2)cc1. The van der Waals surface area contributed by atoms with Crippen LogP contribution < -0.4 is 0 Å². The zero-order valence-electron chi connectivity index (χ0n) is 16.8. The van der Waals surface area contributed by atoms with Crippen LogP contribution in [0.15, 0.2) is 60.8 Å². The van der Waals surface area contributed by atoms with Crippen molar-refractivity contribution in [2.24, 2.45) is 5.92 Å². The molecule has 4 heteroatoms. The number of hydrogen-bond donors (Lipinski definition) is 1. The van der Waals surface area contributed by atoms with Gasteiger partial charge in [-0.2, -0.15) is 5.10 Å². The third kappa shape index (κ3) is 3.80. The number of hydrogen-bond acceptors (Lipinski definition) is 3. The molecule has 3 aromatic heterocycles. The normalized spacial score (nSPS) is 19.5. The summed E-state index contributed by atoms with van der Waals surface area (Å²) in [5.41, 5.74) is 6.65. The molecule has 1 saturated carbocycles. The summed E-state index contributed by atoms with van der Waals surface area (Å²) in [4.78, 5) is 9.29. The Morgan fingerprint density at radius 2 is 1.90 bits per heavy atom. The number of aromatic nitrogens is 4. The highest BCUT2D eigenvalue weighted by molar-refractivity contribution is 5.89. The van der Waals surface area contributed by atoms with Crippen molar-refractivity contribution >= 4 is 11.0 Å². The third-order valence-corrected chi connectivity index (χ3v) is 6.22. The van der Waals surface area contributed by atoms with E-state index in [0.717, 1.165) is 28.8 Å². The molecule has 1 aliphatic carbocycles. The molecule has 4 aromatic rings. The van der Waals surface area contributed by atoms with Crippen LogP contribution in [0, 0.1) is 12.8 Å². The monoisotopic (exact) mass is 382 g/mol. The standard InChI is InChI=1S/C25H26N4/c1-17-10-12-19(13-11-17)20-6-2-5-18(15-20)16-21-7-3-9-23(27-21)24-22-8-4-14-26-25(22)29-28-24/h3-4,7-14,18,20H,2,5-6,15-16H2,1H3,(H,26,28,29). The van der Waals surface area contributed by atoms with E-state index in [0.29, 0.717) is 11.8 Å². The van der Waals surface area contributed by atoms with Gasteiger partial charge in [0.05, 0.1) is 11.4 Å². The van der Waals surface area contributed by atoms with Crippen molar-refractivity contribution in [3.05, 3.63) is 77.6 Å². The molecule has 0 spiro atoms. The van der Waals surface area contributed by atoms with E-state index >= 15 is 0 Å². The molecule has 2 atom stereocenters. The molecule has 0 amide bonds. The smallest absolute Gasteiger partial charge is 0.181 e. The first-order valence-electron chi connectivity index (χ1n) is 10.6. The molecule has 3 heterocycles. The average molecular weight is 383 g/mol. The lowest BCUT2D eigenvalue weighted by Crippen LogP contribution is -2.17. The first-order valence-corrected chi connectivity index (χ1v) is 10.6. The van der Waals surface area contributed by atoms with Crippen LogP contribution in [-0.2, 0) is 6.42 Å². The Morgan fingerprint density at radius 1 is 1.00 bits per heavy atom. The maximum absolute atomic E-state index is 4.97. The van der Waals surface area contributed by atoms with Gasteiger partial charge in [0, 0.05) is 17.3 Å². The number of nitrogens with one attached hydrogen (secondary N) is 1. The van der Waals surface area contributed by atoms with Gasteiger partial charge in [-0.3, -0.25) is 10.1 Å². The predicted octanol–water partition coefficient (Wildman–Crippen LogP) is 5.84. The summed E-state index contributed by atoms with van der Waals surface area (Å²) in [6.45, 7) is 2.16. The van der Waals surface area contributed by atoms with Crippen LogP contribution in [0.2, 0.25) is 0 Å². The maximum Gasteiger partial charge on any atom is 0.181 e. The Morgan fingerprint density at radius 3 is 2.79 bits per heavy atom. The van der Waals surface area contributed by atoms with Gasteiger partial charge in [0.15, 0.2) is 5.65 Å². The minimum atomic E-state index is 0.681. The number of pyridine rings is 2. The minimum Gasteiger partial charge on any atom is -0.273 e. The highest BCUT2D eigenvalue weighted by atomic mass is 15.2. The van der Waals surface area contributed by atoms with Crippen molar-refractivity contribution in [2.45, 2.75) is 44.9 Å². The van der Waals surface area contributed by atoms with Gasteiger partial charge >= 0.3 is 0 Å². The fourth-order valence-electron chi connectivity index (χ4n) is 4.69. The summed E-state index contributed by atoms with van der Waals surface area (Å²) in [5, 5.41) is 8.46. The fourth-order valence-corrected chi connectivity index (χ4v) is 4.69. The molecule has 1 aliphatic rings. The lowest BCUT2D eigenvalue weighted by atomic mass is 9.76. The number of rotatable bonds is 4. The van der Waals surface area contributed by atoms with Crippen LogP contribution in [0.1, 0.15) is 48.4 Å². The second kappa shape index (κ2) is 7.78. The molecule has 0 radical (unpaired) electrons. The molecule has 0 bridgehead atoms. The van der Waals surface area contributed by atoms with E-state index in [-0.39, 0.29) is 0 Å². The summed E-state index contributed by atoms with van der Waals surface area (Å²) < 4.78 is 0. The molecule has 4 nitrogen and oxygen atoms in total. The van der Waals surface area contributed by atoms with Crippen molar-refractivity contribution in [1.82, 2.24) is 20.2 Å². The fraction of sp³-hybridized carbons (Fsp3) is 0.320. The molecule has 0 aliphatic heterocycles. The molecule has 1 fully saturated rings. The Balaban J connectivity index is 1.34. The Kier molecular flexibility index (Phi) is 4.84. The Bertz CT molecular complexity index is 1110. The predicted molar refractivity (Wildman–Crippen MR) is 117 cm³/mol. The molecule has 0 saturated heterocycles. The van der Waals surface area contributed by atoms with Crippen molar-refractivity contribution in [2.75, 3.05) is 0 Å². The van der Waals surface area contributed by atoms with E-state index in [1.807, 2.05) is 12.1 Å². The van der Waals surface area contributed by atoms with Gasteiger partial charge in [0.1, 0.15) is 0 Å². The van der Waals surface area contributed by atoms with Crippen LogP contribution in [-0.4, -0.2) is 20.2 Å². The summed E-state index contributed by atoms with van der Waals surface area (Å²) in [6, 6.07) is 19.4. The number of nitrogens with zero attached hydrogens (tertiary/aromatic N) is 3. The first kappa shape index (κ1) is 18.0. The van der Waals surface area contributed by atoms with Crippen LogP contribution >= 0.6 is 0 Å². The Labute approximate surface area is 171 Å². The van der Waals surface area contributed by atoms with Gasteiger partial charge in [-0.25, -0.2) is 4.98 Å². The van der Waals surface area contributed by atoms with Crippen LogP contribution in [0.25, 0.3) is 22.4 Å². The number of H-pyrrole nitrogens is 1. The highest BCUT2D eigenvalue weighted by Crippen LogP contribution is 2.37. The van der Waals surface area contributed by atoms with Gasteiger partial charge in [-0.1, -0.05) is 48.7 Å². The molecule has 146 valence electrons. The lowest BCUT2D eigenvalue weighted by molar-refractivity contribution is 0.318. The minimum absolute atomic E-state index is 0.681. The van der Waals surface area contributed by atoms with Crippen LogP contribution in [0.5, 0.6) is 0 Å². The zero-order chi connectivity index (χ0) is 19.6. The molecular weight excluding hydrogens is 356 g/mol.